The Morgan fingerprint density at radius 2 is 1.77 bits per heavy atom. The van der Waals surface area contributed by atoms with E-state index in [1.54, 1.807) is 0 Å². The first-order chi connectivity index (χ1) is 12.4. The number of anilines is 1. The highest BCUT2D eigenvalue weighted by Crippen LogP contribution is 2.23. The Morgan fingerprint density at radius 3 is 2.42 bits per heavy atom. The van der Waals surface area contributed by atoms with Gasteiger partial charge in [0.05, 0.1) is 16.4 Å². The molecule has 9 heteroatoms. The highest BCUT2D eigenvalue weighted by atomic mass is 35.5. The average molecular weight is 378 g/mol. The first-order valence-corrected chi connectivity index (χ1v) is 7.68. The van der Waals surface area contributed by atoms with Crippen LogP contribution in [-0.4, -0.2) is 24.1 Å². The van der Waals surface area contributed by atoms with Crippen molar-refractivity contribution in [2.75, 3.05) is 4.90 Å². The first kappa shape index (κ1) is 17.7. The number of carbonyl (C=O) groups is 3. The zero-order valence-corrected chi connectivity index (χ0v) is 13.7. The van der Waals surface area contributed by atoms with Crippen LogP contribution in [0.2, 0.25) is 5.02 Å². The van der Waals surface area contributed by atoms with Gasteiger partial charge in [0.1, 0.15) is 11.6 Å². The van der Waals surface area contributed by atoms with Crippen LogP contribution in [0.1, 0.15) is 0 Å². The van der Waals surface area contributed by atoms with Gasteiger partial charge in [-0.05, 0) is 42.5 Å². The Bertz CT molecular complexity index is 931. The van der Waals surface area contributed by atoms with Crippen LogP contribution in [-0.2, 0) is 9.59 Å². The SMILES string of the molecule is O=C1NC(=O)N(c2ccc(F)cc2)C(=O)[C@H]1C=Nc1ccc(F)c(Cl)c1. The number of aliphatic imine (C=N–C) groups is 1. The molecule has 2 aromatic rings. The van der Waals surface area contributed by atoms with E-state index in [-0.39, 0.29) is 16.4 Å². The quantitative estimate of drug-likeness (QED) is 0.659. The number of barbiturate groups is 1. The van der Waals surface area contributed by atoms with Gasteiger partial charge in [0, 0.05) is 6.21 Å². The van der Waals surface area contributed by atoms with Crippen molar-refractivity contribution < 1.29 is 23.2 Å². The van der Waals surface area contributed by atoms with E-state index in [9.17, 15) is 23.2 Å². The van der Waals surface area contributed by atoms with E-state index >= 15 is 0 Å². The summed E-state index contributed by atoms with van der Waals surface area (Å²) >= 11 is 5.65. The molecule has 4 amide bonds. The molecular weight excluding hydrogens is 368 g/mol. The normalized spacial score (nSPS) is 17.7. The molecule has 1 atom stereocenters. The number of urea groups is 1. The summed E-state index contributed by atoms with van der Waals surface area (Å²) in [5.41, 5.74) is 0.326. The number of hydrogen-bond donors (Lipinski definition) is 1. The van der Waals surface area contributed by atoms with Gasteiger partial charge < -0.3 is 0 Å². The van der Waals surface area contributed by atoms with Crippen LogP contribution in [0, 0.1) is 17.6 Å². The maximum atomic E-state index is 13.2. The molecule has 2 aromatic carbocycles. The summed E-state index contributed by atoms with van der Waals surface area (Å²) in [4.78, 5) is 41.2. The molecule has 1 aliphatic heterocycles. The van der Waals surface area contributed by atoms with Crippen LogP contribution in [0.4, 0.5) is 25.0 Å². The minimum Gasteiger partial charge on any atom is -0.276 e. The van der Waals surface area contributed by atoms with Gasteiger partial charge in [-0.15, -0.1) is 0 Å². The fraction of sp³-hybridized carbons (Fsp3) is 0.0588. The predicted octanol–water partition coefficient (Wildman–Crippen LogP) is 3.22. The van der Waals surface area contributed by atoms with Crippen LogP contribution in [0.3, 0.4) is 0 Å². The third-order valence-electron chi connectivity index (χ3n) is 3.56. The minimum atomic E-state index is -1.39. The zero-order valence-electron chi connectivity index (χ0n) is 12.9. The van der Waals surface area contributed by atoms with E-state index in [4.69, 9.17) is 11.6 Å². The van der Waals surface area contributed by atoms with Gasteiger partial charge in [0.25, 0.3) is 5.91 Å². The molecule has 1 heterocycles. The largest absolute Gasteiger partial charge is 0.335 e. The summed E-state index contributed by atoms with van der Waals surface area (Å²) in [7, 11) is 0. The summed E-state index contributed by atoms with van der Waals surface area (Å²) in [5.74, 6) is -4.26. The van der Waals surface area contributed by atoms with Crippen LogP contribution in [0.25, 0.3) is 0 Å². The highest BCUT2D eigenvalue weighted by molar-refractivity contribution is 6.33. The molecule has 3 rings (SSSR count). The number of rotatable bonds is 3. The molecular formula is C17H10ClF2N3O3. The Hall–Kier alpha value is -3.13. The molecule has 0 unspecified atom stereocenters. The Kier molecular flexibility index (Phi) is 4.77. The zero-order chi connectivity index (χ0) is 18.8. The summed E-state index contributed by atoms with van der Waals surface area (Å²) in [6.07, 6.45) is 1.03. The Balaban J connectivity index is 1.88. The number of carbonyl (C=O) groups excluding carboxylic acids is 3. The summed E-state index contributed by atoms with van der Waals surface area (Å²) in [6, 6.07) is 7.30. The lowest BCUT2D eigenvalue weighted by atomic mass is 10.1. The first-order valence-electron chi connectivity index (χ1n) is 7.30. The van der Waals surface area contributed by atoms with E-state index in [0.29, 0.717) is 0 Å². The smallest absolute Gasteiger partial charge is 0.276 e. The molecule has 132 valence electrons. The van der Waals surface area contributed by atoms with Gasteiger partial charge in [-0.2, -0.15) is 0 Å². The van der Waals surface area contributed by atoms with Gasteiger partial charge in [0.15, 0.2) is 5.92 Å². The number of amides is 4. The van der Waals surface area contributed by atoms with Crippen molar-refractivity contribution in [3.8, 4) is 0 Å². The fourth-order valence-electron chi connectivity index (χ4n) is 2.28. The molecule has 0 aromatic heterocycles. The van der Waals surface area contributed by atoms with Crippen LogP contribution in [0.15, 0.2) is 47.5 Å². The lowest BCUT2D eigenvalue weighted by molar-refractivity contribution is -0.131. The monoisotopic (exact) mass is 377 g/mol. The van der Waals surface area contributed by atoms with Crippen LogP contribution >= 0.6 is 11.6 Å². The van der Waals surface area contributed by atoms with Crippen molar-refractivity contribution in [2.45, 2.75) is 0 Å². The summed E-state index contributed by atoms with van der Waals surface area (Å²) in [5, 5.41) is 1.87. The standard InChI is InChI=1S/C17H10ClF2N3O3/c18-13-7-10(3-6-14(13)20)21-8-12-15(24)22-17(26)23(16(12)25)11-4-1-9(19)2-5-11/h1-8,12H,(H,22,24,26)/t12-/m0/s1. The number of hydrogen-bond acceptors (Lipinski definition) is 4. The number of nitrogens with zero attached hydrogens (tertiary/aromatic N) is 2. The molecule has 26 heavy (non-hydrogen) atoms. The van der Waals surface area contributed by atoms with Crippen molar-refractivity contribution in [3.05, 3.63) is 59.1 Å². The van der Waals surface area contributed by atoms with Crippen molar-refractivity contribution in [3.63, 3.8) is 0 Å². The molecule has 0 bridgehead atoms. The predicted molar refractivity (Wildman–Crippen MR) is 90.5 cm³/mol. The fourth-order valence-corrected chi connectivity index (χ4v) is 2.46. The van der Waals surface area contributed by atoms with Crippen molar-refractivity contribution in [1.29, 1.82) is 0 Å². The number of benzene rings is 2. The van der Waals surface area contributed by atoms with Gasteiger partial charge >= 0.3 is 6.03 Å². The van der Waals surface area contributed by atoms with Crippen molar-refractivity contribution in [2.24, 2.45) is 10.9 Å². The lowest BCUT2D eigenvalue weighted by Crippen LogP contribution is -2.58. The Morgan fingerprint density at radius 1 is 1.08 bits per heavy atom. The minimum absolute atomic E-state index is 0.102. The van der Waals surface area contributed by atoms with Gasteiger partial charge in [-0.25, -0.2) is 18.5 Å². The highest BCUT2D eigenvalue weighted by Gasteiger charge is 2.40. The summed E-state index contributed by atoms with van der Waals surface area (Å²) < 4.78 is 26.2. The van der Waals surface area contributed by atoms with E-state index in [1.807, 2.05) is 5.32 Å². The molecule has 0 spiro atoms. The third-order valence-corrected chi connectivity index (χ3v) is 3.85. The van der Waals surface area contributed by atoms with E-state index in [0.717, 1.165) is 29.3 Å². The second-order valence-corrected chi connectivity index (χ2v) is 5.71. The molecule has 0 aliphatic carbocycles. The number of imide groups is 2. The van der Waals surface area contributed by atoms with E-state index in [1.165, 1.54) is 24.3 Å². The maximum Gasteiger partial charge on any atom is 0.335 e. The van der Waals surface area contributed by atoms with Crippen LogP contribution < -0.4 is 10.2 Å². The average Bonchev–Trinajstić information content (AvgIpc) is 2.59. The molecule has 6 nitrogen and oxygen atoms in total. The Labute approximate surface area is 151 Å². The van der Waals surface area contributed by atoms with Gasteiger partial charge in [0.2, 0.25) is 5.91 Å². The lowest BCUT2D eigenvalue weighted by Gasteiger charge is -2.28. The molecule has 1 fully saturated rings. The maximum absolute atomic E-state index is 13.2. The van der Waals surface area contributed by atoms with Crippen molar-refractivity contribution in [1.82, 2.24) is 5.32 Å². The third kappa shape index (κ3) is 3.45. The molecule has 1 saturated heterocycles. The van der Waals surface area contributed by atoms with E-state index in [2.05, 4.69) is 4.99 Å². The van der Waals surface area contributed by atoms with Crippen molar-refractivity contribution >= 4 is 47.0 Å². The second-order valence-electron chi connectivity index (χ2n) is 5.30. The molecule has 1 N–H and O–H groups in total. The van der Waals surface area contributed by atoms with Gasteiger partial charge in [-0.1, -0.05) is 11.6 Å². The number of nitrogens with one attached hydrogen (secondary N) is 1. The molecule has 0 radical (unpaired) electrons. The van der Waals surface area contributed by atoms with Gasteiger partial charge in [-0.3, -0.25) is 19.9 Å². The number of halogens is 3. The van der Waals surface area contributed by atoms with E-state index < -0.39 is 35.4 Å². The molecule has 0 saturated carbocycles. The summed E-state index contributed by atoms with van der Waals surface area (Å²) in [6.45, 7) is 0. The molecule has 1 aliphatic rings. The van der Waals surface area contributed by atoms with Crippen LogP contribution in [0.5, 0.6) is 0 Å². The topological polar surface area (TPSA) is 78.8 Å². The second kappa shape index (κ2) is 7.01.